The highest BCUT2D eigenvalue weighted by molar-refractivity contribution is 6.30. The lowest BCUT2D eigenvalue weighted by Gasteiger charge is -2.46. The van der Waals surface area contributed by atoms with E-state index >= 15 is 0 Å². The van der Waals surface area contributed by atoms with Gasteiger partial charge in [-0.15, -0.1) is 5.10 Å². The number of fused-ring (bicyclic) bond motifs is 1. The van der Waals surface area contributed by atoms with Crippen LogP contribution in [0.2, 0.25) is 5.02 Å². The molecule has 0 bridgehead atoms. The second-order valence-corrected chi connectivity index (χ2v) is 12.2. The molecule has 11 heteroatoms. The first-order chi connectivity index (χ1) is 19.0. The number of anilines is 1. The van der Waals surface area contributed by atoms with Gasteiger partial charge >= 0.3 is 0 Å². The Labute approximate surface area is 237 Å². The number of hydrogen-bond donors (Lipinski definition) is 2. The van der Waals surface area contributed by atoms with Gasteiger partial charge in [0.25, 0.3) is 5.91 Å². The smallest absolute Gasteiger partial charge is 0.273 e. The molecule has 1 aromatic carbocycles. The van der Waals surface area contributed by atoms with Crippen molar-refractivity contribution in [2.75, 3.05) is 11.4 Å². The molecular formula is C29H32ClN7O3. The molecule has 208 valence electrons. The maximum Gasteiger partial charge on any atom is 0.273 e. The lowest BCUT2D eigenvalue weighted by molar-refractivity contribution is -0.118. The summed E-state index contributed by atoms with van der Waals surface area (Å²) in [6, 6.07) is 4.79. The molecule has 3 aromatic rings. The van der Waals surface area contributed by atoms with Gasteiger partial charge in [-0.25, -0.2) is 9.67 Å². The zero-order chi connectivity index (χ0) is 28.5. The van der Waals surface area contributed by atoms with Crippen molar-refractivity contribution >= 4 is 35.1 Å². The maximum atomic E-state index is 13.0. The van der Waals surface area contributed by atoms with Crippen LogP contribution in [0.5, 0.6) is 0 Å². The molecule has 3 amide bonds. The van der Waals surface area contributed by atoms with Gasteiger partial charge in [0, 0.05) is 35.3 Å². The Bertz CT molecular complexity index is 1560. The van der Waals surface area contributed by atoms with Gasteiger partial charge < -0.3 is 11.1 Å². The van der Waals surface area contributed by atoms with Gasteiger partial charge in [0.15, 0.2) is 5.69 Å². The quantitative estimate of drug-likeness (QED) is 0.453. The van der Waals surface area contributed by atoms with Crippen LogP contribution in [0, 0.1) is 25.7 Å². The summed E-state index contributed by atoms with van der Waals surface area (Å²) in [7, 11) is 0. The number of halogens is 1. The van der Waals surface area contributed by atoms with Gasteiger partial charge in [-0.2, -0.15) is 0 Å². The van der Waals surface area contributed by atoms with Crippen LogP contribution in [0.3, 0.4) is 0 Å². The minimum Gasteiger partial charge on any atom is -0.366 e. The number of rotatable bonds is 7. The summed E-state index contributed by atoms with van der Waals surface area (Å²) < 4.78 is 1.66. The molecule has 3 aliphatic rings. The zero-order valence-corrected chi connectivity index (χ0v) is 23.7. The molecule has 6 rings (SSSR count). The van der Waals surface area contributed by atoms with Crippen molar-refractivity contribution in [3.8, 4) is 0 Å². The summed E-state index contributed by atoms with van der Waals surface area (Å²) in [5.41, 5.74) is 9.70. The fraction of sp³-hybridized carbons (Fsp3) is 0.448. The number of nitrogens with zero attached hydrogens (tertiary/aromatic N) is 5. The molecule has 0 unspecified atom stereocenters. The van der Waals surface area contributed by atoms with E-state index in [0.717, 1.165) is 41.0 Å². The molecule has 1 saturated heterocycles. The van der Waals surface area contributed by atoms with E-state index in [0.29, 0.717) is 29.3 Å². The summed E-state index contributed by atoms with van der Waals surface area (Å²) in [6.07, 6.45) is 5.72. The van der Waals surface area contributed by atoms with Crippen LogP contribution < -0.4 is 16.0 Å². The number of nitrogens with one attached hydrogen (secondary N) is 1. The van der Waals surface area contributed by atoms with Crippen LogP contribution in [-0.2, 0) is 10.2 Å². The van der Waals surface area contributed by atoms with Crippen molar-refractivity contribution < 1.29 is 14.4 Å². The first kappa shape index (κ1) is 26.4. The van der Waals surface area contributed by atoms with Crippen molar-refractivity contribution in [2.24, 2.45) is 17.6 Å². The average molecular weight is 562 g/mol. The van der Waals surface area contributed by atoms with Crippen molar-refractivity contribution in [1.82, 2.24) is 25.3 Å². The number of aromatic nitrogens is 4. The van der Waals surface area contributed by atoms with E-state index in [2.05, 4.69) is 20.6 Å². The molecular weight excluding hydrogens is 530 g/mol. The number of amides is 3. The molecule has 0 radical (unpaired) electrons. The monoisotopic (exact) mass is 561 g/mol. The summed E-state index contributed by atoms with van der Waals surface area (Å²) in [5.74, 6) is 0.767. The predicted octanol–water partition coefficient (Wildman–Crippen LogP) is 3.48. The third kappa shape index (κ3) is 4.34. The van der Waals surface area contributed by atoms with Gasteiger partial charge in [0.1, 0.15) is 5.82 Å². The first-order valence-electron chi connectivity index (χ1n) is 13.6. The number of benzene rings is 1. The second kappa shape index (κ2) is 9.40. The molecule has 3 heterocycles. The van der Waals surface area contributed by atoms with Gasteiger partial charge in [0.05, 0.1) is 12.2 Å². The van der Waals surface area contributed by atoms with Crippen molar-refractivity contribution in [2.45, 2.75) is 64.5 Å². The van der Waals surface area contributed by atoms with Crippen molar-refractivity contribution in [3.63, 3.8) is 0 Å². The fourth-order valence-corrected chi connectivity index (χ4v) is 6.59. The Morgan fingerprint density at radius 3 is 2.65 bits per heavy atom. The SMILES string of the molecule is Cc1c([C@H](C)n2cc(C(=O)N[C@H]3C[C@@](C)(c4cc(Cl)ccc4C(N)=O)C3)nn2)cnc(N2C[C@H]3C[C@H]3C2=O)c1C. The standard InChI is InChI=1S/C29H32ClN7O3/c1-14-15(2)26(36-12-17-7-21(17)28(36)40)32-11-22(14)16(3)37-13-24(34-35-37)27(39)33-19-9-29(4,10-19)23-8-18(30)5-6-20(23)25(31)38/h5-6,8,11,13,16-17,19,21H,7,9-10,12H2,1-4H3,(H2,31,38)(H,33,39)/t16-,17+,19-,21+,29+/m0/s1. The number of primary amides is 1. The van der Waals surface area contributed by atoms with E-state index in [4.69, 9.17) is 17.3 Å². The third-order valence-corrected chi connectivity index (χ3v) is 9.29. The molecule has 10 nitrogen and oxygen atoms in total. The van der Waals surface area contributed by atoms with E-state index in [1.165, 1.54) is 0 Å². The predicted molar refractivity (Wildman–Crippen MR) is 149 cm³/mol. The molecule has 2 aromatic heterocycles. The highest BCUT2D eigenvalue weighted by Crippen LogP contribution is 2.48. The van der Waals surface area contributed by atoms with Crippen LogP contribution in [-0.4, -0.2) is 50.3 Å². The highest BCUT2D eigenvalue weighted by atomic mass is 35.5. The number of pyridine rings is 1. The number of nitrogens with two attached hydrogens (primary N) is 1. The van der Waals surface area contributed by atoms with Crippen molar-refractivity contribution in [1.29, 1.82) is 0 Å². The molecule has 3 atom stereocenters. The number of piperidine rings is 1. The lowest BCUT2D eigenvalue weighted by atomic mass is 9.62. The second-order valence-electron chi connectivity index (χ2n) is 11.8. The Hall–Kier alpha value is -3.79. The van der Waals surface area contributed by atoms with E-state index < -0.39 is 5.91 Å². The van der Waals surface area contributed by atoms with Crippen LogP contribution >= 0.6 is 11.6 Å². The molecule has 1 aliphatic heterocycles. The fourth-order valence-electron chi connectivity index (χ4n) is 6.42. The van der Waals surface area contributed by atoms with E-state index in [-0.39, 0.29) is 40.9 Å². The average Bonchev–Trinajstić information content (AvgIpc) is 3.35. The normalized spacial score (nSPS) is 25.8. The van der Waals surface area contributed by atoms with E-state index in [1.54, 1.807) is 35.3 Å². The summed E-state index contributed by atoms with van der Waals surface area (Å²) in [6.45, 7) is 8.79. The van der Waals surface area contributed by atoms with Crippen LogP contribution in [0.25, 0.3) is 0 Å². The number of carbonyl (C=O) groups is 3. The van der Waals surface area contributed by atoms with E-state index in [9.17, 15) is 14.4 Å². The molecule has 3 N–H and O–H groups in total. The highest BCUT2D eigenvalue weighted by Gasteiger charge is 2.53. The minimum atomic E-state index is -0.498. The van der Waals surface area contributed by atoms with Crippen LogP contribution in [0.1, 0.15) is 82.3 Å². The summed E-state index contributed by atoms with van der Waals surface area (Å²) in [4.78, 5) is 44.0. The van der Waals surface area contributed by atoms with Crippen LogP contribution in [0.4, 0.5) is 5.82 Å². The summed E-state index contributed by atoms with van der Waals surface area (Å²) in [5, 5.41) is 11.9. The third-order valence-electron chi connectivity index (χ3n) is 9.05. The Kier molecular flexibility index (Phi) is 6.21. The molecule has 2 aliphatic carbocycles. The number of carbonyl (C=O) groups excluding carboxylic acids is 3. The Balaban J connectivity index is 1.12. The van der Waals surface area contributed by atoms with Crippen LogP contribution in [0.15, 0.2) is 30.6 Å². The maximum absolute atomic E-state index is 13.0. The zero-order valence-electron chi connectivity index (χ0n) is 22.9. The van der Waals surface area contributed by atoms with Gasteiger partial charge in [-0.1, -0.05) is 23.7 Å². The van der Waals surface area contributed by atoms with Gasteiger partial charge in [-0.05, 0) is 91.8 Å². The summed E-state index contributed by atoms with van der Waals surface area (Å²) >= 11 is 6.19. The minimum absolute atomic E-state index is 0.0826. The first-order valence-corrected chi connectivity index (χ1v) is 13.9. The Morgan fingerprint density at radius 1 is 1.23 bits per heavy atom. The van der Waals surface area contributed by atoms with Gasteiger partial charge in [-0.3, -0.25) is 19.3 Å². The topological polar surface area (TPSA) is 136 Å². The van der Waals surface area contributed by atoms with Crippen molar-refractivity contribution in [3.05, 3.63) is 69.1 Å². The van der Waals surface area contributed by atoms with E-state index in [1.807, 2.05) is 32.6 Å². The molecule has 40 heavy (non-hydrogen) atoms. The largest absolute Gasteiger partial charge is 0.366 e. The molecule has 0 spiro atoms. The molecule has 2 saturated carbocycles. The van der Waals surface area contributed by atoms with Gasteiger partial charge in [0.2, 0.25) is 11.8 Å². The number of hydrogen-bond acceptors (Lipinski definition) is 6. The Morgan fingerprint density at radius 2 is 1.98 bits per heavy atom. The lowest BCUT2D eigenvalue weighted by Crippen LogP contribution is -2.52. The molecule has 3 fully saturated rings.